The van der Waals surface area contributed by atoms with Crippen molar-refractivity contribution in [2.75, 3.05) is 5.32 Å². The number of fused-ring (bicyclic) bond motifs is 2. The number of carbonyl (C=O) groups excluding carboxylic acids is 1. The molecule has 0 aliphatic carbocycles. The molecule has 2 unspecified atom stereocenters. The van der Waals surface area contributed by atoms with Crippen LogP contribution in [0, 0.1) is 12.8 Å². The van der Waals surface area contributed by atoms with Gasteiger partial charge in [-0.3, -0.25) is 4.79 Å². The highest BCUT2D eigenvalue weighted by Gasteiger charge is 2.34. The number of aryl methyl sites for hydroxylation is 1. The lowest BCUT2D eigenvalue weighted by molar-refractivity contribution is -0.117. The summed E-state index contributed by atoms with van der Waals surface area (Å²) in [5.74, 6) is 0.853. The Morgan fingerprint density at radius 2 is 2.05 bits per heavy atom. The van der Waals surface area contributed by atoms with Gasteiger partial charge in [-0.25, -0.2) is 0 Å². The van der Waals surface area contributed by atoms with Crippen LogP contribution in [0.4, 0.5) is 5.69 Å². The second-order valence-corrected chi connectivity index (χ2v) is 6.23. The second kappa shape index (κ2) is 5.44. The highest BCUT2D eigenvalue weighted by Crippen LogP contribution is 2.32. The van der Waals surface area contributed by atoms with Crippen molar-refractivity contribution in [1.82, 2.24) is 5.32 Å². The molecule has 3 N–H and O–H groups in total. The fourth-order valence-electron chi connectivity index (χ4n) is 3.55. The molecule has 0 saturated carbocycles. The molecule has 2 aliphatic rings. The van der Waals surface area contributed by atoms with E-state index in [9.17, 15) is 9.90 Å². The van der Waals surface area contributed by atoms with Gasteiger partial charge in [-0.15, -0.1) is 0 Å². The topological polar surface area (TPSA) is 61.4 Å². The van der Waals surface area contributed by atoms with Gasteiger partial charge in [0.05, 0.1) is 0 Å². The van der Waals surface area contributed by atoms with E-state index in [4.69, 9.17) is 0 Å². The maximum absolute atomic E-state index is 12.1. The minimum Gasteiger partial charge on any atom is -0.508 e. The molecule has 3 rings (SSSR count). The Balaban J connectivity index is 1.55. The Labute approximate surface area is 119 Å². The summed E-state index contributed by atoms with van der Waals surface area (Å²) in [6, 6.07) is 6.42. The van der Waals surface area contributed by atoms with Crippen LogP contribution in [0.3, 0.4) is 0 Å². The fourth-order valence-corrected chi connectivity index (χ4v) is 3.55. The van der Waals surface area contributed by atoms with Crippen LogP contribution in [0.5, 0.6) is 5.75 Å². The first-order valence-corrected chi connectivity index (χ1v) is 7.45. The van der Waals surface area contributed by atoms with Gasteiger partial charge in [-0.05, 0) is 62.3 Å². The summed E-state index contributed by atoms with van der Waals surface area (Å²) >= 11 is 0. The highest BCUT2D eigenvalue weighted by atomic mass is 16.3. The van der Waals surface area contributed by atoms with Crippen LogP contribution in [0.15, 0.2) is 18.2 Å². The van der Waals surface area contributed by atoms with Crippen molar-refractivity contribution in [2.24, 2.45) is 5.92 Å². The van der Waals surface area contributed by atoms with Crippen molar-refractivity contribution in [1.29, 1.82) is 0 Å². The van der Waals surface area contributed by atoms with Gasteiger partial charge in [0.25, 0.3) is 0 Å². The molecule has 2 bridgehead atoms. The number of phenolic OH excluding ortho intramolecular Hbond substituents is 1. The SMILES string of the molecule is Cc1cc(NC(=O)CC2CC3CCC(C2)N3)ccc1O. The van der Waals surface area contributed by atoms with Crippen molar-refractivity contribution < 1.29 is 9.90 Å². The summed E-state index contributed by atoms with van der Waals surface area (Å²) in [5, 5.41) is 16.0. The Kier molecular flexibility index (Phi) is 3.66. The van der Waals surface area contributed by atoms with Crippen molar-refractivity contribution >= 4 is 11.6 Å². The monoisotopic (exact) mass is 274 g/mol. The average Bonchev–Trinajstić information content (AvgIpc) is 2.73. The summed E-state index contributed by atoms with van der Waals surface area (Å²) < 4.78 is 0. The third-order valence-electron chi connectivity index (χ3n) is 4.53. The third kappa shape index (κ3) is 2.96. The third-order valence-corrected chi connectivity index (χ3v) is 4.53. The van der Waals surface area contributed by atoms with E-state index in [0.717, 1.165) is 24.1 Å². The number of amides is 1. The fraction of sp³-hybridized carbons (Fsp3) is 0.562. The first kappa shape index (κ1) is 13.4. The molecule has 0 spiro atoms. The van der Waals surface area contributed by atoms with Crippen LogP contribution < -0.4 is 10.6 Å². The standard InChI is InChI=1S/C16H22N2O2/c1-10-6-12(4-5-15(10)19)18-16(20)9-11-7-13-2-3-14(8-11)17-13/h4-6,11,13-14,17,19H,2-3,7-9H2,1H3,(H,18,20). The van der Waals surface area contributed by atoms with E-state index >= 15 is 0 Å². The second-order valence-electron chi connectivity index (χ2n) is 6.23. The van der Waals surface area contributed by atoms with Crippen LogP contribution in [0.25, 0.3) is 0 Å². The van der Waals surface area contributed by atoms with Gasteiger partial charge in [-0.1, -0.05) is 0 Å². The van der Waals surface area contributed by atoms with Crippen molar-refractivity contribution in [3.63, 3.8) is 0 Å². The number of carbonyl (C=O) groups is 1. The van der Waals surface area contributed by atoms with Gasteiger partial charge in [0.15, 0.2) is 0 Å². The molecule has 4 heteroatoms. The van der Waals surface area contributed by atoms with Gasteiger partial charge in [0.1, 0.15) is 5.75 Å². The van der Waals surface area contributed by atoms with Crippen LogP contribution in [-0.2, 0) is 4.79 Å². The van der Waals surface area contributed by atoms with Crippen LogP contribution in [0.1, 0.15) is 37.7 Å². The number of phenols is 1. The molecule has 0 radical (unpaired) electrons. The van der Waals surface area contributed by atoms with Crippen molar-refractivity contribution in [2.45, 2.75) is 51.1 Å². The van der Waals surface area contributed by atoms with E-state index in [0.29, 0.717) is 24.4 Å². The number of aromatic hydroxyl groups is 1. The van der Waals surface area contributed by atoms with E-state index in [2.05, 4.69) is 10.6 Å². The number of benzene rings is 1. The van der Waals surface area contributed by atoms with Gasteiger partial charge in [-0.2, -0.15) is 0 Å². The van der Waals surface area contributed by atoms with Crippen molar-refractivity contribution in [3.8, 4) is 5.75 Å². The van der Waals surface area contributed by atoms with Gasteiger partial charge < -0.3 is 15.7 Å². The maximum Gasteiger partial charge on any atom is 0.224 e. The molecular formula is C16H22N2O2. The number of anilines is 1. The summed E-state index contributed by atoms with van der Waals surface area (Å²) in [6.07, 6.45) is 5.38. The molecule has 1 amide bonds. The minimum absolute atomic E-state index is 0.0846. The molecule has 20 heavy (non-hydrogen) atoms. The largest absolute Gasteiger partial charge is 0.508 e. The predicted octanol–water partition coefficient (Wildman–Crippen LogP) is 2.56. The summed E-state index contributed by atoms with van der Waals surface area (Å²) in [5.41, 5.74) is 1.55. The van der Waals surface area contributed by atoms with E-state index in [1.54, 1.807) is 18.2 Å². The zero-order valence-electron chi connectivity index (χ0n) is 11.9. The van der Waals surface area contributed by atoms with Crippen LogP contribution in [-0.4, -0.2) is 23.1 Å². The van der Waals surface area contributed by atoms with E-state index in [1.165, 1.54) is 12.8 Å². The minimum atomic E-state index is 0.0846. The molecule has 1 aromatic carbocycles. The lowest BCUT2D eigenvalue weighted by Gasteiger charge is -2.28. The zero-order chi connectivity index (χ0) is 14.1. The summed E-state index contributed by atoms with van der Waals surface area (Å²) in [4.78, 5) is 12.1. The van der Waals surface area contributed by atoms with Gasteiger partial charge >= 0.3 is 0 Å². The molecule has 2 atom stereocenters. The molecular weight excluding hydrogens is 252 g/mol. The number of rotatable bonds is 3. The number of nitrogens with one attached hydrogen (secondary N) is 2. The maximum atomic E-state index is 12.1. The van der Waals surface area contributed by atoms with E-state index in [-0.39, 0.29) is 11.7 Å². The molecule has 0 aromatic heterocycles. The highest BCUT2D eigenvalue weighted by molar-refractivity contribution is 5.91. The first-order valence-electron chi connectivity index (χ1n) is 7.45. The van der Waals surface area contributed by atoms with Gasteiger partial charge in [0, 0.05) is 24.2 Å². The Hall–Kier alpha value is -1.55. The normalized spacial score (nSPS) is 28.4. The summed E-state index contributed by atoms with van der Waals surface area (Å²) in [6.45, 7) is 1.83. The Morgan fingerprint density at radius 3 is 2.70 bits per heavy atom. The van der Waals surface area contributed by atoms with Crippen molar-refractivity contribution in [3.05, 3.63) is 23.8 Å². The zero-order valence-corrected chi connectivity index (χ0v) is 11.9. The molecule has 2 saturated heterocycles. The smallest absolute Gasteiger partial charge is 0.224 e. The summed E-state index contributed by atoms with van der Waals surface area (Å²) in [7, 11) is 0. The Morgan fingerprint density at radius 1 is 1.35 bits per heavy atom. The quantitative estimate of drug-likeness (QED) is 0.742. The van der Waals surface area contributed by atoms with E-state index in [1.807, 2.05) is 6.92 Å². The average molecular weight is 274 g/mol. The molecule has 4 nitrogen and oxygen atoms in total. The molecule has 2 aliphatic heterocycles. The lowest BCUT2D eigenvalue weighted by Crippen LogP contribution is -2.39. The van der Waals surface area contributed by atoms with Crippen LogP contribution >= 0.6 is 0 Å². The number of piperidine rings is 1. The Bertz CT molecular complexity index is 503. The number of hydrogen-bond acceptors (Lipinski definition) is 3. The van der Waals surface area contributed by atoms with E-state index < -0.39 is 0 Å². The lowest BCUT2D eigenvalue weighted by atomic mass is 9.89. The first-order chi connectivity index (χ1) is 9.60. The molecule has 2 fully saturated rings. The molecule has 1 aromatic rings. The van der Waals surface area contributed by atoms with Gasteiger partial charge in [0.2, 0.25) is 5.91 Å². The predicted molar refractivity (Wildman–Crippen MR) is 78.8 cm³/mol. The van der Waals surface area contributed by atoms with Crippen LogP contribution in [0.2, 0.25) is 0 Å². The molecule has 108 valence electrons. The number of hydrogen-bond donors (Lipinski definition) is 3. The molecule has 2 heterocycles.